The van der Waals surface area contributed by atoms with E-state index in [9.17, 15) is 0 Å². The first-order valence-corrected chi connectivity index (χ1v) is 3.61. The van der Waals surface area contributed by atoms with E-state index in [-0.39, 0.29) is 25.1 Å². The third-order valence-corrected chi connectivity index (χ3v) is 1.55. The maximum atomic E-state index is 8.60. The molecule has 0 spiro atoms. The number of pyridine rings is 1. The second-order valence-electron chi connectivity index (χ2n) is 2.41. The summed E-state index contributed by atoms with van der Waals surface area (Å²) in [5.74, 6) is 0. The Labute approximate surface area is 78.0 Å². The van der Waals surface area contributed by atoms with Crippen molar-refractivity contribution in [1.29, 1.82) is 0 Å². The van der Waals surface area contributed by atoms with E-state index in [4.69, 9.17) is 10.8 Å². The molecule has 1 heterocycles. The van der Waals surface area contributed by atoms with Gasteiger partial charge >= 0.3 is 0 Å². The molecule has 0 unspecified atom stereocenters. The number of aliphatic hydroxyl groups is 1. The van der Waals surface area contributed by atoms with E-state index in [1.807, 2.05) is 12.1 Å². The van der Waals surface area contributed by atoms with Crippen LogP contribution in [0.2, 0.25) is 0 Å². The molecule has 0 saturated carbocycles. The smallest absolute Gasteiger partial charge is 0.0449 e. The fourth-order valence-corrected chi connectivity index (χ4v) is 0.901. The molecule has 3 nitrogen and oxygen atoms in total. The molecule has 1 atom stereocenters. The molecule has 1 aromatic heterocycles. The lowest BCUT2D eigenvalue weighted by Crippen LogP contribution is -2.11. The summed E-state index contributed by atoms with van der Waals surface area (Å²) in [4.78, 5) is 3.93. The highest BCUT2D eigenvalue weighted by Gasteiger charge is 2.02. The third-order valence-electron chi connectivity index (χ3n) is 1.55. The van der Waals surface area contributed by atoms with Gasteiger partial charge < -0.3 is 10.8 Å². The summed E-state index contributed by atoms with van der Waals surface area (Å²) in [6.07, 6.45) is 4.02. The zero-order valence-electron chi connectivity index (χ0n) is 6.68. The van der Waals surface area contributed by atoms with Gasteiger partial charge in [0, 0.05) is 25.0 Å². The molecule has 12 heavy (non-hydrogen) atoms. The first kappa shape index (κ1) is 11.4. The lowest BCUT2D eigenvalue weighted by Gasteiger charge is -2.08. The molecule has 4 heteroatoms. The number of hydrogen-bond donors (Lipinski definition) is 2. The van der Waals surface area contributed by atoms with E-state index in [0.717, 1.165) is 5.56 Å². The number of rotatable bonds is 3. The van der Waals surface area contributed by atoms with Crippen molar-refractivity contribution in [2.45, 2.75) is 12.5 Å². The van der Waals surface area contributed by atoms with Gasteiger partial charge in [0.1, 0.15) is 0 Å². The van der Waals surface area contributed by atoms with Gasteiger partial charge in [-0.3, -0.25) is 4.98 Å². The highest BCUT2D eigenvalue weighted by molar-refractivity contribution is 5.85. The van der Waals surface area contributed by atoms with E-state index in [2.05, 4.69) is 4.98 Å². The quantitative estimate of drug-likeness (QED) is 0.741. The monoisotopic (exact) mass is 188 g/mol. The SMILES string of the molecule is Cl.N[C@H](CCO)c1cccnc1. The van der Waals surface area contributed by atoms with Crippen LogP contribution in [0, 0.1) is 0 Å². The Morgan fingerprint density at radius 3 is 2.83 bits per heavy atom. The minimum atomic E-state index is -0.0892. The molecule has 0 saturated heterocycles. The van der Waals surface area contributed by atoms with Crippen LogP contribution in [-0.2, 0) is 0 Å². The maximum absolute atomic E-state index is 8.60. The van der Waals surface area contributed by atoms with Gasteiger partial charge in [0.05, 0.1) is 0 Å². The summed E-state index contributed by atoms with van der Waals surface area (Å²) in [6, 6.07) is 3.66. The maximum Gasteiger partial charge on any atom is 0.0449 e. The predicted octanol–water partition coefficient (Wildman–Crippen LogP) is 0.886. The average molecular weight is 189 g/mol. The van der Waals surface area contributed by atoms with Crippen LogP contribution < -0.4 is 5.73 Å². The van der Waals surface area contributed by atoms with Gasteiger partial charge in [0.25, 0.3) is 0 Å². The largest absolute Gasteiger partial charge is 0.396 e. The minimum absolute atomic E-state index is 0. The molecule has 1 rings (SSSR count). The van der Waals surface area contributed by atoms with Crippen LogP contribution in [0.25, 0.3) is 0 Å². The predicted molar refractivity (Wildman–Crippen MR) is 50.1 cm³/mol. The lowest BCUT2D eigenvalue weighted by atomic mass is 10.1. The molecule has 68 valence electrons. The summed E-state index contributed by atoms with van der Waals surface area (Å²) in [5, 5.41) is 8.60. The summed E-state index contributed by atoms with van der Waals surface area (Å²) in [5.41, 5.74) is 6.68. The number of nitrogens with zero attached hydrogens (tertiary/aromatic N) is 1. The number of aromatic nitrogens is 1. The molecule has 3 N–H and O–H groups in total. The number of nitrogens with two attached hydrogens (primary N) is 1. The summed E-state index contributed by atoms with van der Waals surface area (Å²) >= 11 is 0. The van der Waals surface area contributed by atoms with Gasteiger partial charge in [0.15, 0.2) is 0 Å². The second kappa shape index (κ2) is 5.94. The van der Waals surface area contributed by atoms with Crippen molar-refractivity contribution in [2.24, 2.45) is 5.73 Å². The Bertz CT molecular complexity index is 205. The van der Waals surface area contributed by atoms with Gasteiger partial charge in [-0.05, 0) is 18.1 Å². The average Bonchev–Trinajstić information content (AvgIpc) is 2.07. The highest BCUT2D eigenvalue weighted by atomic mass is 35.5. The molecular weight excluding hydrogens is 176 g/mol. The molecule has 0 fully saturated rings. The summed E-state index contributed by atoms with van der Waals surface area (Å²) < 4.78 is 0. The molecule has 0 aliphatic heterocycles. The molecule has 0 aromatic carbocycles. The molecule has 0 radical (unpaired) electrons. The first-order chi connectivity index (χ1) is 5.34. The second-order valence-corrected chi connectivity index (χ2v) is 2.41. The fourth-order valence-electron chi connectivity index (χ4n) is 0.901. The van der Waals surface area contributed by atoms with Gasteiger partial charge in [-0.1, -0.05) is 6.07 Å². The third kappa shape index (κ3) is 3.17. The van der Waals surface area contributed by atoms with E-state index in [1.165, 1.54) is 0 Å². The molecule has 1 aromatic rings. The molecular formula is C8H13ClN2O. The van der Waals surface area contributed by atoms with Crippen LogP contribution in [0.4, 0.5) is 0 Å². The Balaban J connectivity index is 0.00000121. The van der Waals surface area contributed by atoms with Crippen molar-refractivity contribution in [2.75, 3.05) is 6.61 Å². The van der Waals surface area contributed by atoms with Crippen molar-refractivity contribution in [3.05, 3.63) is 30.1 Å². The van der Waals surface area contributed by atoms with E-state index < -0.39 is 0 Å². The number of halogens is 1. The van der Waals surface area contributed by atoms with Gasteiger partial charge in [-0.15, -0.1) is 12.4 Å². The topological polar surface area (TPSA) is 59.1 Å². The summed E-state index contributed by atoms with van der Waals surface area (Å²) in [6.45, 7) is 0.121. The molecule has 0 amide bonds. The van der Waals surface area contributed by atoms with Crippen LogP contribution in [-0.4, -0.2) is 16.7 Å². The Kier molecular flexibility index (Phi) is 5.62. The van der Waals surface area contributed by atoms with Crippen LogP contribution in [0.5, 0.6) is 0 Å². The van der Waals surface area contributed by atoms with Crippen molar-refractivity contribution in [3.8, 4) is 0 Å². The van der Waals surface area contributed by atoms with Crippen LogP contribution in [0.1, 0.15) is 18.0 Å². The van der Waals surface area contributed by atoms with Gasteiger partial charge in [-0.25, -0.2) is 0 Å². The highest BCUT2D eigenvalue weighted by Crippen LogP contribution is 2.10. The fraction of sp³-hybridized carbons (Fsp3) is 0.375. The normalized spacial score (nSPS) is 11.8. The van der Waals surface area contributed by atoms with Gasteiger partial charge in [0.2, 0.25) is 0 Å². The van der Waals surface area contributed by atoms with Crippen molar-refractivity contribution >= 4 is 12.4 Å². The zero-order chi connectivity index (χ0) is 8.10. The van der Waals surface area contributed by atoms with E-state index in [1.54, 1.807) is 12.4 Å². The Morgan fingerprint density at radius 1 is 1.58 bits per heavy atom. The Morgan fingerprint density at radius 2 is 2.33 bits per heavy atom. The minimum Gasteiger partial charge on any atom is -0.396 e. The standard InChI is InChI=1S/C8H12N2O.ClH/c9-8(3-5-11)7-2-1-4-10-6-7;/h1-2,4,6,8,11H,3,5,9H2;1H/t8-;/m1./s1. The zero-order valence-corrected chi connectivity index (χ0v) is 7.50. The number of aliphatic hydroxyl groups excluding tert-OH is 1. The van der Waals surface area contributed by atoms with Crippen LogP contribution in [0.3, 0.4) is 0 Å². The molecule has 0 aliphatic rings. The molecule has 0 bridgehead atoms. The Hall–Kier alpha value is -0.640. The summed E-state index contributed by atoms with van der Waals surface area (Å²) in [7, 11) is 0. The van der Waals surface area contributed by atoms with Crippen molar-refractivity contribution in [3.63, 3.8) is 0 Å². The van der Waals surface area contributed by atoms with E-state index >= 15 is 0 Å². The first-order valence-electron chi connectivity index (χ1n) is 3.61. The molecule has 0 aliphatic carbocycles. The van der Waals surface area contributed by atoms with Crippen LogP contribution in [0.15, 0.2) is 24.5 Å². The van der Waals surface area contributed by atoms with Crippen molar-refractivity contribution < 1.29 is 5.11 Å². The number of hydrogen-bond acceptors (Lipinski definition) is 3. The van der Waals surface area contributed by atoms with Crippen LogP contribution >= 0.6 is 12.4 Å². The lowest BCUT2D eigenvalue weighted by molar-refractivity contribution is 0.276. The van der Waals surface area contributed by atoms with Gasteiger partial charge in [-0.2, -0.15) is 0 Å². The van der Waals surface area contributed by atoms with E-state index in [0.29, 0.717) is 6.42 Å². The van der Waals surface area contributed by atoms with Crippen molar-refractivity contribution in [1.82, 2.24) is 4.98 Å².